The van der Waals surface area contributed by atoms with Crippen LogP contribution in [-0.4, -0.2) is 57.7 Å². The van der Waals surface area contributed by atoms with Crippen LogP contribution in [0.4, 0.5) is 5.69 Å². The van der Waals surface area contributed by atoms with Crippen molar-refractivity contribution in [2.24, 2.45) is 7.05 Å². The van der Waals surface area contributed by atoms with E-state index in [9.17, 15) is 4.79 Å². The first-order valence-corrected chi connectivity index (χ1v) is 7.19. The lowest BCUT2D eigenvalue weighted by Gasteiger charge is -2.42. The van der Waals surface area contributed by atoms with Crippen molar-refractivity contribution in [2.45, 2.75) is 39.3 Å². The summed E-state index contributed by atoms with van der Waals surface area (Å²) in [5, 5.41) is 4.33. The highest BCUT2D eigenvalue weighted by atomic mass is 16.2. The van der Waals surface area contributed by atoms with Crippen molar-refractivity contribution in [1.82, 2.24) is 19.6 Å². The molecular weight excluding hydrogens is 254 g/mol. The zero-order valence-electron chi connectivity index (χ0n) is 13.1. The monoisotopic (exact) mass is 279 g/mol. The molecule has 2 heterocycles. The first kappa shape index (κ1) is 14.8. The number of aromatic nitrogens is 2. The van der Waals surface area contributed by atoms with Crippen molar-refractivity contribution in [3.8, 4) is 0 Å². The number of anilines is 1. The Morgan fingerprint density at radius 1 is 1.30 bits per heavy atom. The molecule has 6 heteroatoms. The highest BCUT2D eigenvalue weighted by Crippen LogP contribution is 2.21. The summed E-state index contributed by atoms with van der Waals surface area (Å²) in [5.74, 6) is -0.0102. The van der Waals surface area contributed by atoms with Crippen LogP contribution in [0, 0.1) is 0 Å². The number of aryl methyl sites for hydroxylation is 2. The molecule has 1 aromatic rings. The highest BCUT2D eigenvalue weighted by molar-refractivity contribution is 5.98. The molecule has 2 rings (SSSR count). The van der Waals surface area contributed by atoms with E-state index >= 15 is 0 Å². The van der Waals surface area contributed by atoms with E-state index < -0.39 is 0 Å². The molecule has 1 fully saturated rings. The van der Waals surface area contributed by atoms with E-state index in [1.807, 2.05) is 11.8 Å². The molecule has 1 aromatic heterocycles. The molecule has 1 saturated heterocycles. The van der Waals surface area contributed by atoms with Gasteiger partial charge in [-0.1, -0.05) is 6.92 Å². The fourth-order valence-corrected chi connectivity index (χ4v) is 2.83. The van der Waals surface area contributed by atoms with Crippen LogP contribution < -0.4 is 5.73 Å². The fourth-order valence-electron chi connectivity index (χ4n) is 2.83. The molecule has 1 aliphatic rings. The van der Waals surface area contributed by atoms with Gasteiger partial charge in [0, 0.05) is 32.2 Å². The average molecular weight is 279 g/mol. The van der Waals surface area contributed by atoms with Crippen LogP contribution in [0.5, 0.6) is 0 Å². The SMILES string of the molecule is CCc1nn(C)c(C(=O)N2CC(C)N(C)C(C)C2)c1N. The molecule has 1 aliphatic heterocycles. The molecular formula is C14H25N5O. The number of nitrogens with two attached hydrogens (primary N) is 1. The summed E-state index contributed by atoms with van der Waals surface area (Å²) < 4.78 is 1.62. The third-order valence-corrected chi connectivity index (χ3v) is 4.34. The molecule has 20 heavy (non-hydrogen) atoms. The first-order chi connectivity index (χ1) is 9.36. The maximum Gasteiger partial charge on any atom is 0.274 e. The molecule has 0 saturated carbocycles. The number of piperazine rings is 1. The Balaban J connectivity index is 2.26. The zero-order chi connectivity index (χ0) is 15.0. The molecule has 2 N–H and O–H groups in total. The van der Waals surface area contributed by atoms with Crippen molar-refractivity contribution >= 4 is 11.6 Å². The number of carbonyl (C=O) groups is 1. The van der Waals surface area contributed by atoms with Gasteiger partial charge in [-0.05, 0) is 27.3 Å². The van der Waals surface area contributed by atoms with Gasteiger partial charge in [0.25, 0.3) is 5.91 Å². The van der Waals surface area contributed by atoms with Crippen molar-refractivity contribution in [3.05, 3.63) is 11.4 Å². The predicted octanol–water partition coefficient (Wildman–Crippen LogP) is 0.729. The molecule has 2 atom stereocenters. The van der Waals surface area contributed by atoms with Gasteiger partial charge in [0.2, 0.25) is 0 Å². The Kier molecular flexibility index (Phi) is 4.04. The summed E-state index contributed by atoms with van der Waals surface area (Å²) in [6, 6.07) is 0.700. The van der Waals surface area contributed by atoms with Gasteiger partial charge in [0.15, 0.2) is 0 Å². The Hall–Kier alpha value is -1.56. The summed E-state index contributed by atoms with van der Waals surface area (Å²) >= 11 is 0. The van der Waals surface area contributed by atoms with Crippen LogP contribution in [0.1, 0.15) is 37.0 Å². The minimum absolute atomic E-state index is 0.0102. The first-order valence-electron chi connectivity index (χ1n) is 7.19. The van der Waals surface area contributed by atoms with Crippen LogP contribution >= 0.6 is 0 Å². The van der Waals surface area contributed by atoms with Crippen LogP contribution in [0.2, 0.25) is 0 Å². The van der Waals surface area contributed by atoms with Gasteiger partial charge >= 0.3 is 0 Å². The van der Waals surface area contributed by atoms with Gasteiger partial charge in [0.05, 0.1) is 11.4 Å². The average Bonchev–Trinajstić information content (AvgIpc) is 2.69. The quantitative estimate of drug-likeness (QED) is 0.866. The number of likely N-dealkylation sites (N-methyl/N-ethyl adjacent to an activating group) is 1. The van der Waals surface area contributed by atoms with Crippen molar-refractivity contribution in [2.75, 3.05) is 25.9 Å². The Bertz CT molecular complexity index is 498. The molecule has 6 nitrogen and oxygen atoms in total. The molecule has 0 radical (unpaired) electrons. The number of rotatable bonds is 2. The van der Waals surface area contributed by atoms with E-state index in [1.54, 1.807) is 11.7 Å². The molecule has 0 aliphatic carbocycles. The molecule has 0 bridgehead atoms. The minimum atomic E-state index is -0.0102. The summed E-state index contributed by atoms with van der Waals surface area (Å²) in [4.78, 5) is 16.9. The lowest BCUT2D eigenvalue weighted by molar-refractivity contribution is 0.0406. The normalized spacial score (nSPS) is 24.1. The Morgan fingerprint density at radius 3 is 2.30 bits per heavy atom. The van der Waals surface area contributed by atoms with Gasteiger partial charge in [-0.2, -0.15) is 5.10 Å². The molecule has 2 unspecified atom stereocenters. The number of hydrogen-bond acceptors (Lipinski definition) is 4. The van der Waals surface area contributed by atoms with Crippen molar-refractivity contribution < 1.29 is 4.79 Å². The topological polar surface area (TPSA) is 67.4 Å². The van der Waals surface area contributed by atoms with Crippen LogP contribution in [0.15, 0.2) is 0 Å². The smallest absolute Gasteiger partial charge is 0.274 e. The van der Waals surface area contributed by atoms with Gasteiger partial charge in [-0.15, -0.1) is 0 Å². The molecule has 0 spiro atoms. The van der Waals surface area contributed by atoms with Gasteiger partial charge in [0.1, 0.15) is 5.69 Å². The minimum Gasteiger partial charge on any atom is -0.395 e. The Morgan fingerprint density at radius 2 is 1.85 bits per heavy atom. The second-order valence-electron chi connectivity index (χ2n) is 5.76. The second kappa shape index (κ2) is 5.44. The summed E-state index contributed by atoms with van der Waals surface area (Å²) in [7, 11) is 3.89. The lowest BCUT2D eigenvalue weighted by atomic mass is 10.1. The highest BCUT2D eigenvalue weighted by Gasteiger charge is 2.32. The predicted molar refractivity (Wildman–Crippen MR) is 79.6 cm³/mol. The summed E-state index contributed by atoms with van der Waals surface area (Å²) in [6.45, 7) is 7.73. The molecule has 1 amide bonds. The van der Waals surface area contributed by atoms with Gasteiger partial charge in [-0.25, -0.2) is 0 Å². The summed E-state index contributed by atoms with van der Waals surface area (Å²) in [5.41, 5.74) is 7.92. The fraction of sp³-hybridized carbons (Fsp3) is 0.714. The molecule has 112 valence electrons. The van der Waals surface area contributed by atoms with E-state index in [0.29, 0.717) is 23.5 Å². The Labute approximate surface area is 120 Å². The van der Waals surface area contributed by atoms with Crippen LogP contribution in [-0.2, 0) is 13.5 Å². The van der Waals surface area contributed by atoms with Crippen molar-refractivity contribution in [3.63, 3.8) is 0 Å². The number of hydrogen-bond donors (Lipinski definition) is 1. The number of amides is 1. The van der Waals surface area contributed by atoms with Gasteiger partial charge < -0.3 is 10.6 Å². The van der Waals surface area contributed by atoms with E-state index in [4.69, 9.17) is 5.73 Å². The maximum atomic E-state index is 12.7. The molecule has 0 aromatic carbocycles. The third kappa shape index (κ3) is 2.40. The van der Waals surface area contributed by atoms with Crippen LogP contribution in [0.3, 0.4) is 0 Å². The standard InChI is InChI=1S/C14H25N5O/c1-6-11-12(15)13(18(5)16-11)14(20)19-7-9(2)17(4)10(3)8-19/h9-10H,6-8,15H2,1-5H3. The van der Waals surface area contributed by atoms with E-state index in [1.165, 1.54) is 0 Å². The summed E-state index contributed by atoms with van der Waals surface area (Å²) in [6.07, 6.45) is 0.739. The van der Waals surface area contributed by atoms with E-state index in [-0.39, 0.29) is 5.91 Å². The van der Waals surface area contributed by atoms with Gasteiger partial charge in [-0.3, -0.25) is 14.4 Å². The van der Waals surface area contributed by atoms with E-state index in [0.717, 1.165) is 25.2 Å². The number of carbonyl (C=O) groups excluding carboxylic acids is 1. The third-order valence-electron chi connectivity index (χ3n) is 4.34. The maximum absolute atomic E-state index is 12.7. The van der Waals surface area contributed by atoms with Crippen LogP contribution in [0.25, 0.3) is 0 Å². The second-order valence-corrected chi connectivity index (χ2v) is 5.76. The largest absolute Gasteiger partial charge is 0.395 e. The van der Waals surface area contributed by atoms with Crippen molar-refractivity contribution in [1.29, 1.82) is 0 Å². The number of nitrogen functional groups attached to an aromatic ring is 1. The van der Waals surface area contributed by atoms with E-state index in [2.05, 4.69) is 30.9 Å². The zero-order valence-corrected chi connectivity index (χ0v) is 13.1. The lowest BCUT2D eigenvalue weighted by Crippen LogP contribution is -2.56. The number of nitrogens with zero attached hydrogens (tertiary/aromatic N) is 4.